The Morgan fingerprint density at radius 2 is 1.91 bits per heavy atom. The normalized spacial score (nSPS) is 16.3. The Morgan fingerprint density at radius 3 is 2.49 bits per heavy atom. The van der Waals surface area contributed by atoms with E-state index in [-0.39, 0.29) is 17.4 Å². The minimum absolute atomic E-state index is 0.127. The van der Waals surface area contributed by atoms with Crippen molar-refractivity contribution in [1.82, 2.24) is 20.3 Å². The van der Waals surface area contributed by atoms with Crippen molar-refractivity contribution in [3.63, 3.8) is 0 Å². The number of halogens is 3. The van der Waals surface area contributed by atoms with E-state index in [2.05, 4.69) is 26.7 Å². The van der Waals surface area contributed by atoms with Crippen LogP contribution in [0.3, 0.4) is 0 Å². The number of carbonyl (C=O) groups is 2. The molecule has 0 bridgehead atoms. The van der Waals surface area contributed by atoms with Crippen LogP contribution in [0.15, 0.2) is 24.4 Å². The Morgan fingerprint density at radius 1 is 1.20 bits per heavy atom. The highest BCUT2D eigenvalue weighted by Crippen LogP contribution is 2.33. The van der Waals surface area contributed by atoms with Gasteiger partial charge in [0.2, 0.25) is 0 Å². The molecule has 4 N–H and O–H groups in total. The van der Waals surface area contributed by atoms with Crippen LogP contribution in [0.2, 0.25) is 0 Å². The fourth-order valence-electron chi connectivity index (χ4n) is 3.89. The molecule has 0 atom stereocenters. The van der Waals surface area contributed by atoms with Crippen LogP contribution in [0.1, 0.15) is 72.1 Å². The van der Waals surface area contributed by atoms with Crippen molar-refractivity contribution in [3.8, 4) is 6.07 Å². The number of nitrogens with zero attached hydrogens (tertiary/aromatic N) is 3. The number of aliphatic carboxylic acids is 1. The van der Waals surface area contributed by atoms with Crippen molar-refractivity contribution < 1.29 is 27.9 Å². The molecule has 2 aliphatic rings. The lowest BCUT2D eigenvalue weighted by atomic mass is 9.92. The highest BCUT2D eigenvalue weighted by atomic mass is 19.4. The van der Waals surface area contributed by atoms with Gasteiger partial charge in [0.05, 0.1) is 17.6 Å². The van der Waals surface area contributed by atoms with Gasteiger partial charge in [0, 0.05) is 11.6 Å². The minimum atomic E-state index is -5.08. The Kier molecular flexibility index (Phi) is 8.59. The number of hydrogen-bond donors (Lipinski definition) is 4. The molecule has 1 aliphatic carbocycles. The number of aromatic amines is 1. The standard InChI is InChI=1S/C21H24N6O.C2HF3O2/c22-12-16-13-24-20(25-16)21(28)27-18-7-6-17(14-8-10-23-11-9-14)26-19(18)15-4-2-1-3-5-15;3-2(4,5)1(6)7/h4,6-7,13-14,23H,1-3,5,8-11H2,(H,24,25)(H,27,28);(H,6,7). The van der Waals surface area contributed by atoms with Crippen molar-refractivity contribution in [2.75, 3.05) is 18.4 Å². The maximum Gasteiger partial charge on any atom is 0.490 e. The maximum absolute atomic E-state index is 12.6. The van der Waals surface area contributed by atoms with Gasteiger partial charge < -0.3 is 20.7 Å². The number of nitrogens with one attached hydrogen (secondary N) is 3. The topological polar surface area (TPSA) is 144 Å². The molecule has 1 amide bonds. The van der Waals surface area contributed by atoms with Gasteiger partial charge in [-0.1, -0.05) is 6.08 Å². The number of nitriles is 1. The monoisotopic (exact) mass is 490 g/mol. The van der Waals surface area contributed by atoms with Gasteiger partial charge in [0.25, 0.3) is 5.91 Å². The largest absolute Gasteiger partial charge is 0.490 e. The highest BCUT2D eigenvalue weighted by molar-refractivity contribution is 6.03. The number of aromatic nitrogens is 3. The molecule has 12 heteroatoms. The zero-order valence-electron chi connectivity index (χ0n) is 18.8. The number of allylic oxidation sites excluding steroid dienone is 2. The molecular weight excluding hydrogens is 465 g/mol. The van der Waals surface area contributed by atoms with Crippen molar-refractivity contribution >= 4 is 23.1 Å². The van der Waals surface area contributed by atoms with Gasteiger partial charge >= 0.3 is 12.1 Å². The Bertz CT molecular complexity index is 1130. The molecule has 3 heterocycles. The van der Waals surface area contributed by atoms with Gasteiger partial charge in [0.1, 0.15) is 11.8 Å². The van der Waals surface area contributed by atoms with E-state index in [4.69, 9.17) is 20.1 Å². The van der Waals surface area contributed by atoms with Crippen LogP contribution in [0, 0.1) is 11.3 Å². The molecule has 0 aromatic carbocycles. The molecule has 2 aromatic heterocycles. The van der Waals surface area contributed by atoms with E-state index in [9.17, 15) is 18.0 Å². The van der Waals surface area contributed by atoms with Gasteiger partial charge in [-0.05, 0) is 69.3 Å². The summed E-state index contributed by atoms with van der Waals surface area (Å²) in [5.41, 5.74) is 4.14. The Labute approximate surface area is 199 Å². The first-order chi connectivity index (χ1) is 16.7. The fourth-order valence-corrected chi connectivity index (χ4v) is 3.89. The smallest absolute Gasteiger partial charge is 0.475 e. The van der Waals surface area contributed by atoms with E-state index in [1.165, 1.54) is 18.2 Å². The summed E-state index contributed by atoms with van der Waals surface area (Å²) < 4.78 is 31.7. The maximum atomic E-state index is 12.6. The first-order valence-corrected chi connectivity index (χ1v) is 11.2. The summed E-state index contributed by atoms with van der Waals surface area (Å²) in [7, 11) is 0. The predicted molar refractivity (Wildman–Crippen MR) is 120 cm³/mol. The number of H-pyrrole nitrogens is 1. The van der Waals surface area contributed by atoms with Gasteiger partial charge in [-0.15, -0.1) is 0 Å². The third-order valence-electron chi connectivity index (χ3n) is 5.67. The average molecular weight is 490 g/mol. The summed E-state index contributed by atoms with van der Waals surface area (Å²) in [5.74, 6) is -2.54. The number of amides is 1. The molecule has 0 spiro atoms. The predicted octanol–water partition coefficient (Wildman–Crippen LogP) is 3.99. The number of carboxylic acids is 1. The van der Waals surface area contributed by atoms with Crippen LogP contribution in [-0.4, -0.2) is 51.2 Å². The van der Waals surface area contributed by atoms with E-state index in [1.807, 2.05) is 18.2 Å². The van der Waals surface area contributed by atoms with Crippen molar-refractivity contribution in [2.24, 2.45) is 0 Å². The van der Waals surface area contributed by atoms with Gasteiger partial charge in [0.15, 0.2) is 5.82 Å². The summed E-state index contributed by atoms with van der Waals surface area (Å²) in [6, 6.07) is 5.94. The van der Waals surface area contributed by atoms with Crippen molar-refractivity contribution in [2.45, 2.75) is 50.6 Å². The summed E-state index contributed by atoms with van der Waals surface area (Å²) in [6.07, 6.45) is 5.05. The fraction of sp³-hybridized carbons (Fsp3) is 0.435. The molecule has 9 nitrogen and oxygen atoms in total. The molecule has 186 valence electrons. The third kappa shape index (κ3) is 7.13. The van der Waals surface area contributed by atoms with Crippen LogP contribution in [0.25, 0.3) is 5.57 Å². The molecule has 0 radical (unpaired) electrons. The van der Waals surface area contributed by atoms with E-state index >= 15 is 0 Å². The first kappa shape index (κ1) is 25.9. The molecule has 2 aromatic rings. The van der Waals surface area contributed by atoms with E-state index in [1.54, 1.807) is 0 Å². The molecule has 1 saturated heterocycles. The van der Waals surface area contributed by atoms with Crippen molar-refractivity contribution in [3.05, 3.63) is 47.3 Å². The number of carboxylic acid groups (broad SMARTS) is 1. The van der Waals surface area contributed by atoms with Crippen molar-refractivity contribution in [1.29, 1.82) is 5.26 Å². The van der Waals surface area contributed by atoms with Crippen LogP contribution in [-0.2, 0) is 4.79 Å². The Hall–Kier alpha value is -3.72. The minimum Gasteiger partial charge on any atom is -0.475 e. The van der Waals surface area contributed by atoms with Gasteiger partial charge in [-0.25, -0.2) is 9.78 Å². The second-order valence-electron chi connectivity index (χ2n) is 8.15. The molecular formula is C23H25F3N6O3. The lowest BCUT2D eigenvalue weighted by Gasteiger charge is -2.24. The van der Waals surface area contributed by atoms with E-state index in [0.29, 0.717) is 11.6 Å². The van der Waals surface area contributed by atoms with Gasteiger partial charge in [-0.3, -0.25) is 9.78 Å². The number of pyridine rings is 1. The summed E-state index contributed by atoms with van der Waals surface area (Å²) in [6.45, 7) is 2.03. The molecule has 4 rings (SSSR count). The second kappa shape index (κ2) is 11.6. The zero-order valence-corrected chi connectivity index (χ0v) is 18.8. The summed E-state index contributed by atoms with van der Waals surface area (Å²) in [4.78, 5) is 33.2. The quantitative estimate of drug-likeness (QED) is 0.507. The average Bonchev–Trinajstić information content (AvgIpc) is 3.35. The lowest BCUT2D eigenvalue weighted by Crippen LogP contribution is -2.27. The molecule has 0 unspecified atom stereocenters. The van der Waals surface area contributed by atoms with Crippen LogP contribution < -0.4 is 10.6 Å². The van der Waals surface area contributed by atoms with Crippen LogP contribution in [0.4, 0.5) is 18.9 Å². The van der Waals surface area contributed by atoms with Crippen LogP contribution >= 0.6 is 0 Å². The van der Waals surface area contributed by atoms with Crippen LogP contribution in [0.5, 0.6) is 0 Å². The lowest BCUT2D eigenvalue weighted by molar-refractivity contribution is -0.192. The summed E-state index contributed by atoms with van der Waals surface area (Å²) in [5, 5.41) is 22.4. The number of imidazole rings is 1. The highest BCUT2D eigenvalue weighted by Gasteiger charge is 2.38. The molecule has 1 aliphatic heterocycles. The first-order valence-electron chi connectivity index (χ1n) is 11.2. The summed E-state index contributed by atoms with van der Waals surface area (Å²) >= 11 is 0. The Balaban J connectivity index is 0.000000429. The molecule has 1 fully saturated rings. The van der Waals surface area contributed by atoms with Gasteiger partial charge in [-0.2, -0.15) is 18.4 Å². The molecule has 0 saturated carbocycles. The van der Waals surface area contributed by atoms with E-state index < -0.39 is 12.1 Å². The van der Waals surface area contributed by atoms with E-state index in [0.717, 1.165) is 56.6 Å². The third-order valence-corrected chi connectivity index (χ3v) is 5.67. The number of piperidine rings is 1. The number of rotatable bonds is 4. The molecule has 35 heavy (non-hydrogen) atoms. The number of alkyl halides is 3. The second-order valence-corrected chi connectivity index (χ2v) is 8.15. The number of hydrogen-bond acceptors (Lipinski definition) is 6. The zero-order chi connectivity index (χ0) is 25.4. The SMILES string of the molecule is N#Cc1cnc(C(=O)Nc2ccc(C3CCNCC3)nc2C2=CCCCC2)[nH]1.O=C(O)C(F)(F)F. The number of anilines is 1. The number of carbonyl (C=O) groups excluding carboxylic acids is 1.